The molecule has 1 saturated heterocycles. The van der Waals surface area contributed by atoms with Gasteiger partial charge in [-0.3, -0.25) is 0 Å². The zero-order chi connectivity index (χ0) is 34.9. The summed E-state index contributed by atoms with van der Waals surface area (Å²) in [4.78, 5) is 2.99. The number of unbranched alkanes of at least 4 members (excludes halogenated alkanes) is 5. The van der Waals surface area contributed by atoms with Crippen molar-refractivity contribution in [1.82, 2.24) is 4.90 Å². The summed E-state index contributed by atoms with van der Waals surface area (Å²) in [5, 5.41) is 0. The Balaban J connectivity index is 0.877. The molecular weight excluding hydrogens is 627 g/mol. The van der Waals surface area contributed by atoms with Crippen LogP contribution in [0.25, 0.3) is 0 Å². The van der Waals surface area contributed by atoms with Crippen molar-refractivity contribution < 1.29 is 0 Å². The van der Waals surface area contributed by atoms with Gasteiger partial charge >= 0.3 is 0 Å². The molecule has 7 atom stereocenters. The van der Waals surface area contributed by atoms with Crippen molar-refractivity contribution in [2.45, 2.75) is 167 Å². The van der Waals surface area contributed by atoms with Crippen LogP contribution in [0.1, 0.15) is 155 Å². The molecule has 1 heterocycles. The Bertz CT molecular complexity index is 1670. The number of rotatable bonds is 12. The Morgan fingerprint density at radius 2 is 1.44 bits per heavy atom. The molecule has 0 amide bonds. The second-order valence-corrected chi connectivity index (χ2v) is 18.3. The molecule has 0 radical (unpaired) electrons. The molecular formula is C51H67N. The Labute approximate surface area is 317 Å². The van der Waals surface area contributed by atoms with Crippen molar-refractivity contribution in [2.75, 3.05) is 0 Å². The van der Waals surface area contributed by atoms with Gasteiger partial charge in [0.15, 0.2) is 0 Å². The fourth-order valence-electron chi connectivity index (χ4n) is 12.0. The highest BCUT2D eigenvalue weighted by atomic mass is 15.2. The maximum atomic E-state index is 2.99. The van der Waals surface area contributed by atoms with E-state index < -0.39 is 0 Å². The summed E-state index contributed by atoms with van der Waals surface area (Å²) in [6.45, 7) is 2.33. The van der Waals surface area contributed by atoms with E-state index in [9.17, 15) is 0 Å². The smallest absolute Gasteiger partial charge is 0.0550 e. The molecule has 1 nitrogen and oxygen atoms in total. The van der Waals surface area contributed by atoms with Crippen LogP contribution in [0.5, 0.6) is 0 Å². The number of allylic oxidation sites excluding steroid dienone is 17. The summed E-state index contributed by atoms with van der Waals surface area (Å²) in [6.07, 6.45) is 59.3. The molecule has 1 heteroatoms. The van der Waals surface area contributed by atoms with E-state index in [1.165, 1.54) is 153 Å². The third-order valence-electron chi connectivity index (χ3n) is 15.0. The zero-order valence-corrected chi connectivity index (χ0v) is 32.6. The van der Waals surface area contributed by atoms with Gasteiger partial charge in [0.2, 0.25) is 0 Å². The molecule has 0 aromatic heterocycles. The van der Waals surface area contributed by atoms with E-state index in [4.69, 9.17) is 0 Å². The fraction of sp³-hybridized carbons (Fsp3) is 0.608. The number of nitrogens with zero attached hydrogens (tertiary/aromatic N) is 1. The van der Waals surface area contributed by atoms with Gasteiger partial charge in [-0.05, 0) is 178 Å². The topological polar surface area (TPSA) is 3.24 Å². The van der Waals surface area contributed by atoms with Gasteiger partial charge in [-0.2, -0.15) is 0 Å². The van der Waals surface area contributed by atoms with Crippen LogP contribution in [0.2, 0.25) is 0 Å². The monoisotopic (exact) mass is 694 g/mol. The predicted molar refractivity (Wildman–Crippen MR) is 221 cm³/mol. The molecule has 52 heavy (non-hydrogen) atoms. The molecule has 0 N–H and O–H groups in total. The standard InChI is InChI=1S/C51H67N/c1-2-3-4-5-6-9-16-43-31-44(32-45-33-49(43)45)40-25-23-39(24-26-40)42-28-30-48-47-29-27-41(38-21-19-37(20-22-38)36-14-10-7-11-15-36)34-50(47)52(51(48)35-42)46-17-12-8-13-18-46/h14,17,19,21,23-25,27-28,30-31,40,44-45,47,49-51H,2-13,15-16,18,20,22,26,29,32-35H2,1H3. The molecule has 9 aliphatic rings. The van der Waals surface area contributed by atoms with Crippen LogP contribution in [-0.4, -0.2) is 17.0 Å². The van der Waals surface area contributed by atoms with Crippen molar-refractivity contribution in [1.29, 1.82) is 0 Å². The normalized spacial score (nSPS) is 33.9. The van der Waals surface area contributed by atoms with Gasteiger partial charge < -0.3 is 4.90 Å². The Hall–Kier alpha value is -2.80. The summed E-state index contributed by atoms with van der Waals surface area (Å²) in [5.41, 5.74) is 14.9. The second-order valence-electron chi connectivity index (χ2n) is 18.3. The second kappa shape index (κ2) is 15.9. The largest absolute Gasteiger partial charge is 0.364 e. The van der Waals surface area contributed by atoms with Crippen LogP contribution in [0.4, 0.5) is 0 Å². The Kier molecular flexibility index (Phi) is 10.7. The summed E-state index contributed by atoms with van der Waals surface area (Å²) in [5.74, 6) is 4.08. The first-order valence-electron chi connectivity index (χ1n) is 22.5. The maximum absolute atomic E-state index is 2.99. The summed E-state index contributed by atoms with van der Waals surface area (Å²) < 4.78 is 0. The lowest BCUT2D eigenvalue weighted by Crippen LogP contribution is -2.39. The zero-order valence-electron chi connectivity index (χ0n) is 32.6. The molecule has 1 saturated carbocycles. The fourth-order valence-corrected chi connectivity index (χ4v) is 12.0. The van der Waals surface area contributed by atoms with Gasteiger partial charge in [0.1, 0.15) is 0 Å². The molecule has 1 aliphatic heterocycles. The van der Waals surface area contributed by atoms with Crippen LogP contribution >= 0.6 is 0 Å². The minimum absolute atomic E-state index is 0.543. The number of fused-ring (bicyclic) bond motifs is 4. The van der Waals surface area contributed by atoms with Gasteiger partial charge in [0.25, 0.3) is 0 Å². The van der Waals surface area contributed by atoms with Crippen molar-refractivity contribution in [3.63, 3.8) is 0 Å². The van der Waals surface area contributed by atoms with Gasteiger partial charge in [0.05, 0.1) is 6.04 Å². The van der Waals surface area contributed by atoms with Crippen molar-refractivity contribution in [3.8, 4) is 0 Å². The SMILES string of the molecule is CCCCCCCCC1=CC(C2C=CC(C3=CC=C4C5CC=C(C6=CC=C(C7=CCCCC7)CC6)CC5N(C5=CCCCC5)C4C3)=CC2)CC2CC12. The van der Waals surface area contributed by atoms with Gasteiger partial charge in [0, 0.05) is 17.7 Å². The lowest BCUT2D eigenvalue weighted by molar-refractivity contribution is 0.215. The molecule has 0 aromatic rings. The predicted octanol–water partition coefficient (Wildman–Crippen LogP) is 14.1. The Morgan fingerprint density at radius 3 is 2.21 bits per heavy atom. The van der Waals surface area contributed by atoms with Gasteiger partial charge in [-0.15, -0.1) is 0 Å². The van der Waals surface area contributed by atoms with Crippen molar-refractivity contribution in [3.05, 3.63) is 117 Å². The number of likely N-dealkylation sites (tertiary alicyclic amines) is 1. The molecule has 0 spiro atoms. The van der Waals surface area contributed by atoms with Crippen LogP contribution in [0.15, 0.2) is 117 Å². The van der Waals surface area contributed by atoms with E-state index in [2.05, 4.69) is 78.7 Å². The first-order valence-corrected chi connectivity index (χ1v) is 22.5. The summed E-state index contributed by atoms with van der Waals surface area (Å²) in [7, 11) is 0. The number of hydrogen-bond acceptors (Lipinski definition) is 1. The molecule has 0 bridgehead atoms. The minimum Gasteiger partial charge on any atom is -0.364 e. The highest BCUT2D eigenvalue weighted by Gasteiger charge is 2.48. The van der Waals surface area contributed by atoms with E-state index in [0.29, 0.717) is 23.9 Å². The first kappa shape index (κ1) is 34.9. The van der Waals surface area contributed by atoms with E-state index in [0.717, 1.165) is 17.8 Å². The third-order valence-corrected chi connectivity index (χ3v) is 15.0. The van der Waals surface area contributed by atoms with Gasteiger partial charge in [-0.1, -0.05) is 111 Å². The van der Waals surface area contributed by atoms with E-state index in [1.807, 2.05) is 5.57 Å². The average Bonchev–Trinajstić information content (AvgIpc) is 3.93. The van der Waals surface area contributed by atoms with Crippen LogP contribution < -0.4 is 0 Å². The van der Waals surface area contributed by atoms with Crippen LogP contribution in [0.3, 0.4) is 0 Å². The van der Waals surface area contributed by atoms with Crippen LogP contribution in [0, 0.1) is 29.6 Å². The van der Waals surface area contributed by atoms with E-state index >= 15 is 0 Å². The quantitative estimate of drug-likeness (QED) is 0.145. The highest BCUT2D eigenvalue weighted by molar-refractivity contribution is 5.52. The minimum atomic E-state index is 0.543. The van der Waals surface area contributed by atoms with E-state index in [-0.39, 0.29) is 0 Å². The average molecular weight is 694 g/mol. The Morgan fingerprint density at radius 1 is 0.635 bits per heavy atom. The molecule has 7 unspecified atom stereocenters. The summed E-state index contributed by atoms with van der Waals surface area (Å²) >= 11 is 0. The summed E-state index contributed by atoms with van der Waals surface area (Å²) in [6, 6.07) is 1.16. The number of hydrogen-bond donors (Lipinski definition) is 0. The molecule has 276 valence electrons. The van der Waals surface area contributed by atoms with Crippen molar-refractivity contribution >= 4 is 0 Å². The lowest BCUT2D eigenvalue weighted by atomic mass is 9.75. The van der Waals surface area contributed by atoms with E-state index in [1.54, 1.807) is 39.1 Å². The molecule has 9 rings (SSSR count). The first-order chi connectivity index (χ1) is 25.7. The van der Waals surface area contributed by atoms with Gasteiger partial charge in [-0.25, -0.2) is 0 Å². The lowest BCUT2D eigenvalue weighted by Gasteiger charge is -2.39. The highest BCUT2D eigenvalue weighted by Crippen LogP contribution is 2.55. The van der Waals surface area contributed by atoms with Crippen LogP contribution in [-0.2, 0) is 0 Å². The molecule has 0 aromatic carbocycles. The molecule has 2 fully saturated rings. The van der Waals surface area contributed by atoms with Crippen molar-refractivity contribution in [2.24, 2.45) is 29.6 Å². The molecule has 8 aliphatic carbocycles. The maximum Gasteiger partial charge on any atom is 0.0550 e. The third kappa shape index (κ3) is 7.33.